The second-order valence-corrected chi connectivity index (χ2v) is 9.04. The summed E-state index contributed by atoms with van der Waals surface area (Å²) in [5.74, 6) is -2.07. The number of benzene rings is 1. The molecule has 2 atom stereocenters. The van der Waals surface area contributed by atoms with E-state index in [1.54, 1.807) is 32.4 Å². The molecule has 0 fully saturated rings. The first kappa shape index (κ1) is 24.3. The van der Waals surface area contributed by atoms with Gasteiger partial charge in [-0.2, -0.15) is 11.3 Å². The van der Waals surface area contributed by atoms with Gasteiger partial charge in [0.2, 0.25) is 0 Å². The summed E-state index contributed by atoms with van der Waals surface area (Å²) in [6, 6.07) is 10.1. The van der Waals surface area contributed by atoms with Crippen molar-refractivity contribution in [3.05, 3.63) is 93.8 Å². The Morgan fingerprint density at radius 3 is 2.63 bits per heavy atom. The maximum absolute atomic E-state index is 13.1. The van der Waals surface area contributed by atoms with Crippen molar-refractivity contribution in [3.63, 3.8) is 0 Å². The summed E-state index contributed by atoms with van der Waals surface area (Å²) in [4.78, 5) is 34.3. The van der Waals surface area contributed by atoms with E-state index in [0.717, 1.165) is 17.7 Å². The highest BCUT2D eigenvalue weighted by Crippen LogP contribution is 2.40. The smallest absolute Gasteiger partial charge is 0.336 e. The number of carbonyl (C=O) groups excluding carboxylic acids is 2. The van der Waals surface area contributed by atoms with Crippen molar-refractivity contribution in [2.24, 2.45) is 10.9 Å². The van der Waals surface area contributed by atoms with Gasteiger partial charge < -0.3 is 14.0 Å². The van der Waals surface area contributed by atoms with Crippen LogP contribution in [0.4, 0.5) is 0 Å². The lowest BCUT2D eigenvalue weighted by atomic mass is 9.76. The lowest BCUT2D eigenvalue weighted by Gasteiger charge is -2.30. The van der Waals surface area contributed by atoms with E-state index >= 15 is 0 Å². The first-order chi connectivity index (χ1) is 17.0. The first-order valence-electron chi connectivity index (χ1n) is 11.2. The van der Waals surface area contributed by atoms with E-state index in [-0.39, 0.29) is 6.61 Å². The van der Waals surface area contributed by atoms with E-state index in [0.29, 0.717) is 17.0 Å². The summed E-state index contributed by atoms with van der Waals surface area (Å²) in [6.45, 7) is 4.42. The minimum atomic E-state index is -0.669. The number of thiophene rings is 1. The highest BCUT2D eigenvalue weighted by molar-refractivity contribution is 7.08. The number of carbonyl (C=O) groups is 2. The van der Waals surface area contributed by atoms with Crippen LogP contribution in [0.25, 0.3) is 6.08 Å². The molecule has 0 N–H and O–H groups in total. The Morgan fingerprint density at radius 1 is 1.17 bits per heavy atom. The van der Waals surface area contributed by atoms with Gasteiger partial charge in [0.1, 0.15) is 12.5 Å². The van der Waals surface area contributed by atoms with Gasteiger partial charge in [0.15, 0.2) is 0 Å². The van der Waals surface area contributed by atoms with Crippen molar-refractivity contribution in [2.75, 3.05) is 13.7 Å². The highest BCUT2D eigenvalue weighted by Gasteiger charge is 2.42. The second-order valence-electron chi connectivity index (χ2n) is 8.26. The fourth-order valence-corrected chi connectivity index (χ4v) is 4.95. The van der Waals surface area contributed by atoms with Gasteiger partial charge in [0.25, 0.3) is 0 Å². The Bertz CT molecular complexity index is 1260. The molecule has 2 unspecified atom stereocenters. The average Bonchev–Trinajstić information content (AvgIpc) is 3.56. The minimum Gasteiger partial charge on any atom is -0.468 e. The molecule has 0 aliphatic carbocycles. The predicted octanol–water partition coefficient (Wildman–Crippen LogP) is 4.87. The second kappa shape index (κ2) is 11.1. The molecular formula is C27H27N3O4S. The van der Waals surface area contributed by atoms with E-state index < -0.39 is 23.8 Å². The van der Waals surface area contributed by atoms with Crippen molar-refractivity contribution in [1.82, 2.24) is 9.55 Å². The van der Waals surface area contributed by atoms with Gasteiger partial charge >= 0.3 is 11.9 Å². The molecule has 180 valence electrons. The van der Waals surface area contributed by atoms with Crippen LogP contribution >= 0.6 is 11.3 Å². The summed E-state index contributed by atoms with van der Waals surface area (Å²) in [5.41, 5.74) is 4.62. The Labute approximate surface area is 208 Å². The third-order valence-corrected chi connectivity index (χ3v) is 6.63. The fourth-order valence-electron chi connectivity index (χ4n) is 4.26. The van der Waals surface area contributed by atoms with E-state index in [9.17, 15) is 9.59 Å². The van der Waals surface area contributed by atoms with Gasteiger partial charge in [0, 0.05) is 36.3 Å². The van der Waals surface area contributed by atoms with Crippen LogP contribution in [0.5, 0.6) is 0 Å². The molecule has 0 saturated heterocycles. The van der Waals surface area contributed by atoms with Gasteiger partial charge in [-0.3, -0.25) is 9.79 Å². The van der Waals surface area contributed by atoms with E-state index in [1.807, 2.05) is 45.8 Å². The number of rotatable bonds is 8. The molecule has 1 aliphatic heterocycles. The molecular weight excluding hydrogens is 462 g/mol. The number of hydrogen-bond acceptors (Lipinski definition) is 7. The Kier molecular flexibility index (Phi) is 7.72. The summed E-state index contributed by atoms with van der Waals surface area (Å²) >= 11 is 1.51. The number of aliphatic imine (C=N–C) groups is 1. The van der Waals surface area contributed by atoms with Gasteiger partial charge in [0.05, 0.1) is 19.0 Å². The molecule has 0 spiro atoms. The zero-order chi connectivity index (χ0) is 24.8. The van der Waals surface area contributed by atoms with E-state index in [4.69, 9.17) is 9.47 Å². The molecule has 0 amide bonds. The third kappa shape index (κ3) is 5.66. The number of allylic oxidation sites excluding steroid dienone is 1. The maximum atomic E-state index is 13.1. The van der Waals surface area contributed by atoms with Crippen LogP contribution in [0.15, 0.2) is 82.2 Å². The number of esters is 2. The van der Waals surface area contributed by atoms with Crippen molar-refractivity contribution in [1.29, 1.82) is 0 Å². The molecule has 0 radical (unpaired) electrons. The zero-order valence-electron chi connectivity index (χ0n) is 19.9. The van der Waals surface area contributed by atoms with Gasteiger partial charge in [-0.05, 0) is 53.4 Å². The zero-order valence-corrected chi connectivity index (χ0v) is 20.7. The minimum absolute atomic E-state index is 0.106. The monoisotopic (exact) mass is 489 g/mol. The average molecular weight is 490 g/mol. The fraction of sp³-hybridized carbons (Fsp3) is 0.259. The van der Waals surface area contributed by atoms with Gasteiger partial charge in [-0.15, -0.1) is 0 Å². The SMILES string of the molecule is COC(=O)C1C(C)=NC(C)=C(C(=O)OCC=Cc2ccc(Cn3ccnc3)cc2)C1c1ccsc1. The van der Waals surface area contributed by atoms with Gasteiger partial charge in [-0.1, -0.05) is 30.3 Å². The van der Waals surface area contributed by atoms with E-state index in [1.165, 1.54) is 24.0 Å². The summed E-state index contributed by atoms with van der Waals surface area (Å²) in [6.07, 6.45) is 9.18. The first-order valence-corrected chi connectivity index (χ1v) is 12.2. The molecule has 4 rings (SSSR count). The van der Waals surface area contributed by atoms with Crippen LogP contribution in [-0.4, -0.2) is 40.9 Å². The molecule has 7 nitrogen and oxygen atoms in total. The molecule has 1 aliphatic rings. The number of ether oxygens (including phenoxy) is 2. The molecule has 0 bridgehead atoms. The van der Waals surface area contributed by atoms with Crippen LogP contribution in [0.1, 0.15) is 36.5 Å². The van der Waals surface area contributed by atoms with Gasteiger partial charge in [-0.25, -0.2) is 9.78 Å². The lowest BCUT2D eigenvalue weighted by molar-refractivity contribution is -0.143. The largest absolute Gasteiger partial charge is 0.468 e. The predicted molar refractivity (Wildman–Crippen MR) is 136 cm³/mol. The number of aromatic nitrogens is 2. The number of nitrogens with zero attached hydrogens (tertiary/aromatic N) is 3. The molecule has 3 aromatic rings. The summed E-state index contributed by atoms with van der Waals surface area (Å²) in [7, 11) is 1.35. The van der Waals surface area contributed by atoms with E-state index in [2.05, 4.69) is 22.1 Å². The third-order valence-electron chi connectivity index (χ3n) is 5.93. The number of hydrogen-bond donors (Lipinski definition) is 0. The van der Waals surface area contributed by atoms with Crippen LogP contribution in [0, 0.1) is 5.92 Å². The highest BCUT2D eigenvalue weighted by atomic mass is 32.1. The number of imidazole rings is 1. The van der Waals surface area contributed by atoms with Crippen LogP contribution in [0.3, 0.4) is 0 Å². The quantitative estimate of drug-likeness (QED) is 0.422. The van der Waals surface area contributed by atoms with Crippen LogP contribution < -0.4 is 0 Å². The maximum Gasteiger partial charge on any atom is 0.336 e. The molecule has 0 saturated carbocycles. The molecule has 8 heteroatoms. The Morgan fingerprint density at radius 2 is 1.97 bits per heavy atom. The van der Waals surface area contributed by atoms with Crippen molar-refractivity contribution >= 4 is 35.1 Å². The normalized spacial score (nSPS) is 18.0. The lowest BCUT2D eigenvalue weighted by Crippen LogP contribution is -2.36. The standard InChI is InChI=1S/C27H27N3O4S/c1-18-23(26(31)33-3)25(22-10-14-35-16-22)24(19(2)29-18)27(32)34-13-4-5-20-6-8-21(9-7-20)15-30-12-11-28-17-30/h4-12,14,16-17,23,25H,13,15H2,1-3H3. The molecule has 35 heavy (non-hydrogen) atoms. The number of methoxy groups -OCH3 is 1. The molecule has 1 aromatic carbocycles. The topological polar surface area (TPSA) is 82.8 Å². The molecule has 3 heterocycles. The van der Waals surface area contributed by atoms with Crippen molar-refractivity contribution < 1.29 is 19.1 Å². The Balaban J connectivity index is 1.43. The van der Waals surface area contributed by atoms with Crippen molar-refractivity contribution in [3.8, 4) is 0 Å². The van der Waals surface area contributed by atoms with Crippen molar-refractivity contribution in [2.45, 2.75) is 26.3 Å². The van der Waals surface area contributed by atoms with Crippen LogP contribution in [-0.2, 0) is 25.6 Å². The Hall–Kier alpha value is -3.78. The molecule has 2 aromatic heterocycles. The van der Waals surface area contributed by atoms with Crippen LogP contribution in [0.2, 0.25) is 0 Å². The summed E-state index contributed by atoms with van der Waals surface area (Å²) in [5, 5.41) is 3.86. The summed E-state index contributed by atoms with van der Waals surface area (Å²) < 4.78 is 12.6.